The Morgan fingerprint density at radius 2 is 2.04 bits per heavy atom. The van der Waals surface area contributed by atoms with E-state index in [2.05, 4.69) is 10.4 Å². The van der Waals surface area contributed by atoms with Gasteiger partial charge in [-0.05, 0) is 37.0 Å². The van der Waals surface area contributed by atoms with E-state index >= 15 is 0 Å². The summed E-state index contributed by atoms with van der Waals surface area (Å²) in [6.45, 7) is 0.0303. The zero-order chi connectivity index (χ0) is 19.2. The SMILES string of the molecule is COc1ccccc1CC(CNC(=O)c1ccn(C2CCCC2)n1)C(=O)O. The Morgan fingerprint density at radius 1 is 1.30 bits per heavy atom. The van der Waals surface area contributed by atoms with Crippen molar-refractivity contribution in [2.45, 2.75) is 38.1 Å². The Morgan fingerprint density at radius 3 is 2.74 bits per heavy atom. The number of ether oxygens (including phenoxy) is 1. The van der Waals surface area contributed by atoms with E-state index in [0.29, 0.717) is 17.5 Å². The molecule has 0 aliphatic heterocycles. The Bertz CT molecular complexity index is 796. The fourth-order valence-electron chi connectivity index (χ4n) is 3.52. The molecular weight excluding hydrogens is 346 g/mol. The summed E-state index contributed by atoms with van der Waals surface area (Å²) >= 11 is 0. The van der Waals surface area contributed by atoms with Gasteiger partial charge in [0.2, 0.25) is 0 Å². The number of carboxylic acid groups (broad SMARTS) is 1. The molecule has 3 rings (SSSR count). The fourth-order valence-corrected chi connectivity index (χ4v) is 3.52. The van der Waals surface area contributed by atoms with E-state index in [4.69, 9.17) is 4.74 Å². The standard InChI is InChI=1S/C20H25N3O4/c1-27-18-9-5-2-6-14(18)12-15(20(25)26)13-21-19(24)17-10-11-23(22-17)16-7-3-4-8-16/h2,5-6,9-11,15-16H,3-4,7-8,12-13H2,1H3,(H,21,24)(H,25,26). The predicted octanol–water partition coefficient (Wildman–Crippen LogP) is 2.68. The van der Waals surface area contributed by atoms with Crippen molar-refractivity contribution in [3.8, 4) is 5.75 Å². The maximum absolute atomic E-state index is 12.4. The number of carboxylic acids is 1. The molecule has 0 bridgehead atoms. The number of hydrogen-bond donors (Lipinski definition) is 2. The maximum atomic E-state index is 12.4. The van der Waals surface area contributed by atoms with Crippen LogP contribution in [0.25, 0.3) is 0 Å². The lowest BCUT2D eigenvalue weighted by Gasteiger charge is -2.15. The molecule has 1 amide bonds. The zero-order valence-electron chi connectivity index (χ0n) is 15.4. The number of amides is 1. The van der Waals surface area contributed by atoms with E-state index in [1.165, 1.54) is 12.8 Å². The topological polar surface area (TPSA) is 93.5 Å². The zero-order valence-corrected chi connectivity index (χ0v) is 15.4. The van der Waals surface area contributed by atoms with Crippen LogP contribution in [0.3, 0.4) is 0 Å². The lowest BCUT2D eigenvalue weighted by atomic mass is 9.98. The van der Waals surface area contributed by atoms with Gasteiger partial charge in [-0.2, -0.15) is 5.10 Å². The summed E-state index contributed by atoms with van der Waals surface area (Å²) < 4.78 is 7.13. The van der Waals surface area contributed by atoms with Crippen molar-refractivity contribution in [2.75, 3.05) is 13.7 Å². The Labute approximate surface area is 158 Å². The summed E-state index contributed by atoms with van der Waals surface area (Å²) in [7, 11) is 1.55. The van der Waals surface area contributed by atoms with Crippen molar-refractivity contribution < 1.29 is 19.4 Å². The van der Waals surface area contributed by atoms with Crippen LogP contribution in [0.2, 0.25) is 0 Å². The van der Waals surface area contributed by atoms with E-state index in [0.717, 1.165) is 18.4 Å². The van der Waals surface area contributed by atoms with Gasteiger partial charge in [0.25, 0.3) is 5.91 Å². The number of methoxy groups -OCH3 is 1. The average molecular weight is 371 g/mol. The molecule has 2 N–H and O–H groups in total. The first kappa shape index (κ1) is 18.9. The third kappa shape index (κ3) is 4.67. The van der Waals surface area contributed by atoms with Crippen LogP contribution >= 0.6 is 0 Å². The molecule has 144 valence electrons. The van der Waals surface area contributed by atoms with Gasteiger partial charge in [-0.15, -0.1) is 0 Å². The van der Waals surface area contributed by atoms with Crippen LogP contribution < -0.4 is 10.1 Å². The van der Waals surface area contributed by atoms with E-state index in [1.807, 2.05) is 29.1 Å². The molecule has 1 heterocycles. The molecule has 7 heteroatoms. The molecule has 0 spiro atoms. The van der Waals surface area contributed by atoms with Crippen LogP contribution in [0, 0.1) is 5.92 Å². The first-order chi connectivity index (χ1) is 13.1. The van der Waals surface area contributed by atoms with Crippen LogP contribution in [0.5, 0.6) is 5.75 Å². The van der Waals surface area contributed by atoms with Crippen LogP contribution in [0.1, 0.15) is 47.8 Å². The third-order valence-electron chi connectivity index (χ3n) is 5.06. The Balaban J connectivity index is 1.60. The predicted molar refractivity (Wildman–Crippen MR) is 99.9 cm³/mol. The minimum atomic E-state index is -0.960. The molecule has 1 saturated carbocycles. The minimum Gasteiger partial charge on any atom is -0.496 e. The molecule has 1 aliphatic carbocycles. The summed E-state index contributed by atoms with van der Waals surface area (Å²) in [5, 5.41) is 16.6. The summed E-state index contributed by atoms with van der Waals surface area (Å²) in [6.07, 6.45) is 6.65. The third-order valence-corrected chi connectivity index (χ3v) is 5.06. The van der Waals surface area contributed by atoms with Gasteiger partial charge in [0, 0.05) is 12.7 Å². The van der Waals surface area contributed by atoms with E-state index in [-0.39, 0.29) is 18.9 Å². The van der Waals surface area contributed by atoms with Crippen LogP contribution in [-0.2, 0) is 11.2 Å². The van der Waals surface area contributed by atoms with Gasteiger partial charge in [-0.25, -0.2) is 0 Å². The van der Waals surface area contributed by atoms with Crippen molar-refractivity contribution in [3.05, 3.63) is 47.8 Å². The molecule has 0 saturated heterocycles. The first-order valence-corrected chi connectivity index (χ1v) is 9.26. The summed E-state index contributed by atoms with van der Waals surface area (Å²) in [6, 6.07) is 9.35. The van der Waals surface area contributed by atoms with Crippen LogP contribution in [-0.4, -0.2) is 40.4 Å². The van der Waals surface area contributed by atoms with Crippen LogP contribution in [0.4, 0.5) is 0 Å². The molecule has 2 aromatic rings. The number of carbonyl (C=O) groups is 2. The minimum absolute atomic E-state index is 0.0303. The van der Waals surface area contributed by atoms with Gasteiger partial charge in [-0.3, -0.25) is 14.3 Å². The Kier molecular flexibility index (Phi) is 6.11. The van der Waals surface area contributed by atoms with Gasteiger partial charge in [-0.1, -0.05) is 31.0 Å². The normalized spacial score (nSPS) is 15.4. The van der Waals surface area contributed by atoms with Gasteiger partial charge < -0.3 is 15.2 Å². The molecule has 1 aromatic heterocycles. The van der Waals surface area contributed by atoms with Crippen molar-refractivity contribution in [1.82, 2.24) is 15.1 Å². The Hall–Kier alpha value is -2.83. The second-order valence-corrected chi connectivity index (χ2v) is 6.88. The lowest BCUT2D eigenvalue weighted by molar-refractivity contribution is -0.141. The van der Waals surface area contributed by atoms with Gasteiger partial charge in [0.15, 0.2) is 0 Å². The number of para-hydroxylation sites is 1. The van der Waals surface area contributed by atoms with E-state index in [9.17, 15) is 14.7 Å². The number of nitrogens with one attached hydrogen (secondary N) is 1. The van der Waals surface area contributed by atoms with Gasteiger partial charge >= 0.3 is 5.97 Å². The molecular formula is C20H25N3O4. The molecule has 0 radical (unpaired) electrons. The van der Waals surface area contributed by atoms with Crippen molar-refractivity contribution >= 4 is 11.9 Å². The second kappa shape index (κ2) is 8.70. The quantitative estimate of drug-likeness (QED) is 0.744. The molecule has 7 nitrogen and oxygen atoms in total. The van der Waals surface area contributed by atoms with Crippen molar-refractivity contribution in [1.29, 1.82) is 0 Å². The largest absolute Gasteiger partial charge is 0.496 e. The summed E-state index contributed by atoms with van der Waals surface area (Å²) in [5.74, 6) is -1.41. The number of aromatic nitrogens is 2. The highest BCUT2D eigenvalue weighted by molar-refractivity contribution is 5.92. The number of rotatable bonds is 8. The molecule has 1 unspecified atom stereocenters. The van der Waals surface area contributed by atoms with Crippen LogP contribution in [0.15, 0.2) is 36.5 Å². The van der Waals surface area contributed by atoms with Crippen molar-refractivity contribution in [3.63, 3.8) is 0 Å². The highest BCUT2D eigenvalue weighted by Gasteiger charge is 2.23. The van der Waals surface area contributed by atoms with Gasteiger partial charge in [0.05, 0.1) is 19.1 Å². The first-order valence-electron chi connectivity index (χ1n) is 9.26. The number of carbonyl (C=O) groups excluding carboxylic acids is 1. The number of benzene rings is 1. The summed E-state index contributed by atoms with van der Waals surface area (Å²) in [4.78, 5) is 24.0. The summed E-state index contributed by atoms with van der Waals surface area (Å²) in [5.41, 5.74) is 1.12. The number of hydrogen-bond acceptors (Lipinski definition) is 4. The smallest absolute Gasteiger partial charge is 0.308 e. The van der Waals surface area contributed by atoms with Crippen molar-refractivity contribution in [2.24, 2.45) is 5.92 Å². The lowest BCUT2D eigenvalue weighted by Crippen LogP contribution is -2.34. The maximum Gasteiger partial charge on any atom is 0.308 e. The highest BCUT2D eigenvalue weighted by Crippen LogP contribution is 2.28. The molecule has 27 heavy (non-hydrogen) atoms. The van der Waals surface area contributed by atoms with E-state index < -0.39 is 11.9 Å². The fraction of sp³-hybridized carbons (Fsp3) is 0.450. The second-order valence-electron chi connectivity index (χ2n) is 6.88. The molecule has 1 fully saturated rings. The van der Waals surface area contributed by atoms with Gasteiger partial charge in [0.1, 0.15) is 11.4 Å². The number of aliphatic carboxylic acids is 1. The molecule has 1 atom stereocenters. The average Bonchev–Trinajstić information content (AvgIpc) is 3.36. The highest BCUT2D eigenvalue weighted by atomic mass is 16.5. The number of nitrogens with zero attached hydrogens (tertiary/aromatic N) is 2. The monoisotopic (exact) mass is 371 g/mol. The van der Waals surface area contributed by atoms with E-state index in [1.54, 1.807) is 19.2 Å². The molecule has 1 aromatic carbocycles. The molecule has 1 aliphatic rings.